The Bertz CT molecular complexity index is 572. The molecule has 0 spiro atoms. The first-order valence-corrected chi connectivity index (χ1v) is 8.37. The number of hydrogen-bond acceptors (Lipinski definition) is 3. The fourth-order valence-corrected chi connectivity index (χ4v) is 3.37. The van der Waals surface area contributed by atoms with E-state index in [1.165, 1.54) is 0 Å². The van der Waals surface area contributed by atoms with Gasteiger partial charge in [0, 0.05) is 36.3 Å². The van der Waals surface area contributed by atoms with E-state index in [1.807, 2.05) is 24.3 Å². The maximum absolute atomic E-state index is 12.3. The lowest BCUT2D eigenvalue weighted by molar-refractivity contribution is -0.129. The van der Waals surface area contributed by atoms with E-state index in [0.29, 0.717) is 13.1 Å². The van der Waals surface area contributed by atoms with E-state index in [2.05, 4.69) is 21.2 Å². The highest BCUT2D eigenvalue weighted by Crippen LogP contribution is 2.23. The van der Waals surface area contributed by atoms with Crippen molar-refractivity contribution in [3.63, 3.8) is 0 Å². The fraction of sp³-hybridized carbons (Fsp3) is 0.500. The van der Waals surface area contributed by atoms with Crippen molar-refractivity contribution in [3.05, 3.63) is 28.7 Å². The zero-order chi connectivity index (χ0) is 15.5. The van der Waals surface area contributed by atoms with E-state index in [9.17, 15) is 9.59 Å². The molecule has 2 unspecified atom stereocenters. The van der Waals surface area contributed by atoms with Crippen molar-refractivity contribution in [3.8, 4) is 0 Å². The van der Waals surface area contributed by atoms with E-state index < -0.39 is 0 Å². The molecule has 2 aliphatic heterocycles. The third-order valence-corrected chi connectivity index (χ3v) is 4.62. The highest BCUT2D eigenvalue weighted by molar-refractivity contribution is 9.10. The van der Waals surface area contributed by atoms with Crippen LogP contribution in [0, 0.1) is 5.92 Å². The first kappa shape index (κ1) is 15.5. The highest BCUT2D eigenvalue weighted by atomic mass is 79.9. The van der Waals surface area contributed by atoms with Gasteiger partial charge in [-0.1, -0.05) is 22.0 Å². The topological polar surface area (TPSA) is 58.6 Å². The van der Waals surface area contributed by atoms with Crippen LogP contribution in [0.1, 0.15) is 19.3 Å². The Hall–Kier alpha value is -1.40. The van der Waals surface area contributed by atoms with Gasteiger partial charge >= 0.3 is 0 Å². The molecule has 0 aliphatic carbocycles. The number of carbonyl (C=O) groups is 2. The van der Waals surface area contributed by atoms with Crippen molar-refractivity contribution in [2.75, 3.05) is 25.0 Å². The molecule has 1 N–H and O–H groups in total. The van der Waals surface area contributed by atoms with E-state index in [0.717, 1.165) is 29.6 Å². The average Bonchev–Trinajstić information content (AvgIpc) is 3.10. The van der Waals surface area contributed by atoms with E-state index in [1.54, 1.807) is 4.90 Å². The monoisotopic (exact) mass is 366 g/mol. The number of carbonyl (C=O) groups excluding carboxylic acids is 2. The number of anilines is 1. The molecule has 2 heterocycles. The van der Waals surface area contributed by atoms with Crippen molar-refractivity contribution in [2.24, 2.45) is 5.92 Å². The van der Waals surface area contributed by atoms with Crippen LogP contribution in [0.15, 0.2) is 28.7 Å². The Balaban J connectivity index is 1.56. The lowest BCUT2D eigenvalue weighted by atomic mass is 10.1. The Labute approximate surface area is 138 Å². The molecular weight excluding hydrogens is 348 g/mol. The van der Waals surface area contributed by atoms with Crippen molar-refractivity contribution in [1.29, 1.82) is 0 Å². The second-order valence-electron chi connectivity index (χ2n) is 5.83. The number of rotatable bonds is 4. The molecule has 0 radical (unpaired) electrons. The number of amides is 2. The summed E-state index contributed by atoms with van der Waals surface area (Å²) in [5, 5.41) is 2.88. The largest absolute Gasteiger partial charge is 0.376 e. The van der Waals surface area contributed by atoms with Gasteiger partial charge in [0.15, 0.2) is 0 Å². The smallest absolute Gasteiger partial charge is 0.229 e. The van der Waals surface area contributed by atoms with Crippen molar-refractivity contribution in [2.45, 2.75) is 25.4 Å². The fourth-order valence-electron chi connectivity index (χ4n) is 2.97. The predicted octanol–water partition coefficient (Wildman–Crippen LogP) is 2.42. The van der Waals surface area contributed by atoms with Crippen LogP contribution in [0.4, 0.5) is 5.69 Å². The Kier molecular flexibility index (Phi) is 4.78. The van der Waals surface area contributed by atoms with Crippen LogP contribution < -0.4 is 5.32 Å². The summed E-state index contributed by atoms with van der Waals surface area (Å²) in [6.07, 6.45) is 2.47. The molecule has 2 aliphatic rings. The van der Waals surface area contributed by atoms with Gasteiger partial charge in [0.25, 0.3) is 0 Å². The maximum atomic E-state index is 12.3. The minimum Gasteiger partial charge on any atom is -0.376 e. The van der Waals surface area contributed by atoms with Gasteiger partial charge in [-0.2, -0.15) is 0 Å². The summed E-state index contributed by atoms with van der Waals surface area (Å²) in [4.78, 5) is 26.1. The van der Waals surface area contributed by atoms with Crippen LogP contribution in [0.2, 0.25) is 0 Å². The zero-order valence-electron chi connectivity index (χ0n) is 12.3. The first-order valence-electron chi connectivity index (χ1n) is 7.57. The number of nitrogens with one attached hydrogen (secondary N) is 1. The summed E-state index contributed by atoms with van der Waals surface area (Å²) in [5.74, 6) is -0.334. The molecule has 0 saturated carbocycles. The van der Waals surface area contributed by atoms with Crippen LogP contribution in [-0.2, 0) is 14.3 Å². The van der Waals surface area contributed by atoms with Gasteiger partial charge in [-0.25, -0.2) is 0 Å². The lowest BCUT2D eigenvalue weighted by Crippen LogP contribution is -2.34. The summed E-state index contributed by atoms with van der Waals surface area (Å²) in [5.41, 5.74) is 0.740. The Morgan fingerprint density at radius 1 is 1.45 bits per heavy atom. The van der Waals surface area contributed by atoms with Gasteiger partial charge in [0.1, 0.15) is 0 Å². The summed E-state index contributed by atoms with van der Waals surface area (Å²) in [6.45, 7) is 1.87. The number of hydrogen-bond donors (Lipinski definition) is 1. The van der Waals surface area contributed by atoms with Crippen LogP contribution in [0.3, 0.4) is 0 Å². The van der Waals surface area contributed by atoms with Crippen LogP contribution in [0.25, 0.3) is 0 Å². The third-order valence-electron chi connectivity index (χ3n) is 4.13. The summed E-state index contributed by atoms with van der Waals surface area (Å²) >= 11 is 3.38. The molecule has 1 aromatic rings. The van der Waals surface area contributed by atoms with E-state index >= 15 is 0 Å². The van der Waals surface area contributed by atoms with Gasteiger partial charge in [0.2, 0.25) is 11.8 Å². The Morgan fingerprint density at radius 3 is 3.05 bits per heavy atom. The molecule has 2 amide bonds. The van der Waals surface area contributed by atoms with Gasteiger partial charge < -0.3 is 15.0 Å². The highest BCUT2D eigenvalue weighted by Gasteiger charge is 2.35. The maximum Gasteiger partial charge on any atom is 0.229 e. The second kappa shape index (κ2) is 6.79. The SMILES string of the molecule is O=C(Nc1cccc(Br)c1)C1CC(=O)N(CC2CCCO2)C1. The molecule has 1 aromatic carbocycles. The molecule has 5 nitrogen and oxygen atoms in total. The average molecular weight is 367 g/mol. The van der Waals surface area contributed by atoms with Gasteiger partial charge in [0.05, 0.1) is 12.0 Å². The number of ether oxygens (including phenoxy) is 1. The van der Waals surface area contributed by atoms with Crippen molar-refractivity contribution >= 4 is 33.4 Å². The second-order valence-corrected chi connectivity index (χ2v) is 6.75. The summed E-state index contributed by atoms with van der Waals surface area (Å²) in [6, 6.07) is 7.45. The van der Waals surface area contributed by atoms with E-state index in [4.69, 9.17) is 4.74 Å². The third kappa shape index (κ3) is 3.67. The van der Waals surface area contributed by atoms with E-state index in [-0.39, 0.29) is 30.3 Å². The molecule has 2 saturated heterocycles. The summed E-state index contributed by atoms with van der Waals surface area (Å²) in [7, 11) is 0. The first-order chi connectivity index (χ1) is 10.6. The minimum atomic E-state index is -0.284. The van der Waals surface area contributed by atoms with Gasteiger partial charge in [-0.3, -0.25) is 9.59 Å². The van der Waals surface area contributed by atoms with Crippen LogP contribution in [-0.4, -0.2) is 42.5 Å². The van der Waals surface area contributed by atoms with Crippen LogP contribution in [0.5, 0.6) is 0 Å². The molecular formula is C16H19BrN2O3. The summed E-state index contributed by atoms with van der Waals surface area (Å²) < 4.78 is 6.48. The number of nitrogens with zero attached hydrogens (tertiary/aromatic N) is 1. The number of likely N-dealkylation sites (tertiary alicyclic amines) is 1. The number of halogens is 1. The quantitative estimate of drug-likeness (QED) is 0.889. The molecule has 3 rings (SSSR count). The Morgan fingerprint density at radius 2 is 2.32 bits per heavy atom. The normalized spacial score (nSPS) is 24.8. The molecule has 6 heteroatoms. The zero-order valence-corrected chi connectivity index (χ0v) is 13.8. The molecule has 0 bridgehead atoms. The van der Waals surface area contributed by atoms with Crippen molar-refractivity contribution in [1.82, 2.24) is 4.90 Å². The molecule has 118 valence electrons. The molecule has 2 atom stereocenters. The molecule has 0 aromatic heterocycles. The predicted molar refractivity (Wildman–Crippen MR) is 86.4 cm³/mol. The molecule has 2 fully saturated rings. The van der Waals surface area contributed by atoms with Gasteiger partial charge in [-0.15, -0.1) is 0 Å². The molecule has 22 heavy (non-hydrogen) atoms. The number of benzene rings is 1. The lowest BCUT2D eigenvalue weighted by Gasteiger charge is -2.20. The standard InChI is InChI=1S/C16H19BrN2O3/c17-12-3-1-4-13(8-12)18-16(21)11-7-15(20)19(9-11)10-14-5-2-6-22-14/h1,3-4,8,11,14H,2,5-7,9-10H2,(H,18,21). The minimum absolute atomic E-state index is 0.0462. The van der Waals surface area contributed by atoms with Crippen LogP contribution >= 0.6 is 15.9 Å². The van der Waals surface area contributed by atoms with Crippen molar-refractivity contribution < 1.29 is 14.3 Å². The van der Waals surface area contributed by atoms with Gasteiger partial charge in [-0.05, 0) is 31.0 Å².